The average Bonchev–Trinajstić information content (AvgIpc) is 3.59. The molecule has 0 saturated heterocycles. The molecular formula is C38H31N2OP3. The lowest BCUT2D eigenvalue weighted by atomic mass is 9.93. The molecule has 0 N–H and O–H groups in total. The van der Waals surface area contributed by atoms with Crippen LogP contribution in [0.4, 0.5) is 0 Å². The Morgan fingerprint density at radius 2 is 1.02 bits per heavy atom. The number of hydrogen-bond acceptors (Lipinski definition) is 1. The van der Waals surface area contributed by atoms with Gasteiger partial charge in [0, 0.05) is 34.3 Å². The molecule has 0 saturated carbocycles. The number of hydrogen-bond donors (Lipinski definition) is 0. The number of aryl methyl sites for hydroxylation is 2. The second-order valence-corrected chi connectivity index (χ2v) is 14.4. The maximum Gasteiger partial charge on any atom is 0.318 e. The van der Waals surface area contributed by atoms with E-state index in [1.807, 2.05) is 0 Å². The maximum atomic E-state index is 7.46. The number of fused-ring (bicyclic) bond motifs is 4. The smallest absolute Gasteiger partial charge is 0.318 e. The van der Waals surface area contributed by atoms with Crippen LogP contribution >= 0.6 is 25.6 Å². The molecule has 8 rings (SSSR count). The summed E-state index contributed by atoms with van der Waals surface area (Å²) < 4.78 is 12.2. The van der Waals surface area contributed by atoms with Crippen LogP contribution in [0.15, 0.2) is 134 Å². The summed E-state index contributed by atoms with van der Waals surface area (Å²) in [5, 5.41) is 8.68. The third-order valence-electron chi connectivity index (χ3n) is 8.56. The van der Waals surface area contributed by atoms with E-state index in [0.29, 0.717) is 8.27 Å². The summed E-state index contributed by atoms with van der Waals surface area (Å²) in [7, 11) is 2.16. The SMILES string of the molecule is Cc1cn(P(Oc2ccc3ccccc3c2-c2c(PP)ccc3ccccc23)n2cc(C)c3ccccc32)c2ccccc12. The molecule has 0 aliphatic rings. The average molecular weight is 625 g/mol. The molecule has 0 amide bonds. The number of rotatable bonds is 6. The van der Waals surface area contributed by atoms with Gasteiger partial charge in [0.25, 0.3) is 0 Å². The van der Waals surface area contributed by atoms with Crippen LogP contribution in [0.1, 0.15) is 11.1 Å². The van der Waals surface area contributed by atoms with Gasteiger partial charge in [0.2, 0.25) is 0 Å². The molecule has 6 aromatic carbocycles. The fourth-order valence-corrected chi connectivity index (χ4v) is 9.75. The summed E-state index contributed by atoms with van der Waals surface area (Å²) in [6, 6.07) is 43.6. The minimum absolute atomic E-state index is 0.563. The Morgan fingerprint density at radius 3 is 1.59 bits per heavy atom. The van der Waals surface area contributed by atoms with Crippen molar-refractivity contribution in [3.8, 4) is 16.9 Å². The zero-order valence-electron chi connectivity index (χ0n) is 24.5. The van der Waals surface area contributed by atoms with Crippen molar-refractivity contribution in [1.82, 2.24) is 8.68 Å². The second-order valence-electron chi connectivity index (χ2n) is 11.2. The van der Waals surface area contributed by atoms with Crippen LogP contribution in [0.25, 0.3) is 54.5 Å². The van der Waals surface area contributed by atoms with Gasteiger partial charge >= 0.3 is 8.45 Å². The molecule has 0 bridgehead atoms. The molecule has 0 spiro atoms. The lowest BCUT2D eigenvalue weighted by Crippen LogP contribution is -2.07. The summed E-state index contributed by atoms with van der Waals surface area (Å²) in [5.74, 6) is 0.890. The Bertz CT molecular complexity index is 2270. The van der Waals surface area contributed by atoms with Gasteiger partial charge in [-0.05, 0) is 70.0 Å². The van der Waals surface area contributed by atoms with Crippen LogP contribution in [0.3, 0.4) is 0 Å². The second kappa shape index (κ2) is 11.2. The van der Waals surface area contributed by atoms with Crippen molar-refractivity contribution in [2.75, 3.05) is 0 Å². The lowest BCUT2D eigenvalue weighted by molar-refractivity contribution is 0.599. The number of para-hydroxylation sites is 2. The highest BCUT2D eigenvalue weighted by molar-refractivity contribution is 8.07. The van der Waals surface area contributed by atoms with Crippen molar-refractivity contribution in [3.63, 3.8) is 0 Å². The van der Waals surface area contributed by atoms with E-state index in [2.05, 4.69) is 165 Å². The summed E-state index contributed by atoms with van der Waals surface area (Å²) in [4.78, 5) is 0. The van der Waals surface area contributed by atoms with Crippen molar-refractivity contribution in [1.29, 1.82) is 0 Å². The van der Waals surface area contributed by atoms with Gasteiger partial charge in [-0.3, -0.25) is 8.68 Å². The van der Waals surface area contributed by atoms with Crippen LogP contribution in [0.2, 0.25) is 0 Å². The summed E-state index contributed by atoms with van der Waals surface area (Å²) in [5.41, 5.74) is 7.23. The molecule has 8 aromatic rings. The third kappa shape index (κ3) is 4.46. The molecular weight excluding hydrogens is 593 g/mol. The Hall–Kier alpha value is -3.99. The summed E-state index contributed by atoms with van der Waals surface area (Å²) in [6.07, 6.45) is 4.52. The van der Waals surface area contributed by atoms with E-state index in [-0.39, 0.29) is 0 Å². The minimum Gasteiger partial charge on any atom is -0.435 e. The number of benzene rings is 6. The van der Waals surface area contributed by atoms with Gasteiger partial charge in [-0.2, -0.15) is 0 Å². The van der Waals surface area contributed by atoms with Gasteiger partial charge in [-0.25, -0.2) is 0 Å². The molecule has 2 heterocycles. The topological polar surface area (TPSA) is 19.1 Å². The first kappa shape index (κ1) is 27.6. The minimum atomic E-state index is -1.37. The largest absolute Gasteiger partial charge is 0.435 e. The molecule has 0 aliphatic carbocycles. The molecule has 0 radical (unpaired) electrons. The zero-order valence-corrected chi connectivity index (χ0v) is 27.6. The van der Waals surface area contributed by atoms with Crippen molar-refractivity contribution < 1.29 is 4.52 Å². The van der Waals surface area contributed by atoms with Gasteiger partial charge in [-0.1, -0.05) is 111 Å². The maximum absolute atomic E-state index is 7.46. The van der Waals surface area contributed by atoms with Crippen molar-refractivity contribution >= 4 is 74.3 Å². The number of nitrogens with zero attached hydrogens (tertiary/aromatic N) is 2. The predicted octanol–water partition coefficient (Wildman–Crippen LogP) is 11.0. The Kier molecular flexibility index (Phi) is 7.00. The molecule has 2 atom stereocenters. The van der Waals surface area contributed by atoms with Crippen LogP contribution in [0, 0.1) is 13.8 Å². The van der Waals surface area contributed by atoms with Crippen molar-refractivity contribution in [2.45, 2.75) is 13.8 Å². The monoisotopic (exact) mass is 624 g/mol. The number of aromatic nitrogens is 2. The first-order chi connectivity index (χ1) is 21.6. The Morgan fingerprint density at radius 1 is 0.545 bits per heavy atom. The first-order valence-electron chi connectivity index (χ1n) is 14.7. The van der Waals surface area contributed by atoms with Gasteiger partial charge in [0.05, 0.1) is 11.0 Å². The van der Waals surface area contributed by atoms with Gasteiger partial charge < -0.3 is 4.52 Å². The fraction of sp³-hybridized carbons (Fsp3) is 0.0526. The van der Waals surface area contributed by atoms with Gasteiger partial charge in [0.15, 0.2) is 0 Å². The highest BCUT2D eigenvalue weighted by Gasteiger charge is 2.26. The highest BCUT2D eigenvalue weighted by atomic mass is 32.0. The zero-order chi connectivity index (χ0) is 29.8. The molecule has 44 heavy (non-hydrogen) atoms. The normalized spacial score (nSPS) is 12.1. The van der Waals surface area contributed by atoms with Gasteiger partial charge in [-0.15, -0.1) is 8.93 Å². The first-order valence-corrected chi connectivity index (χ1v) is 18.7. The molecule has 214 valence electrons. The van der Waals surface area contributed by atoms with Crippen molar-refractivity contribution in [2.24, 2.45) is 0 Å². The van der Waals surface area contributed by atoms with E-state index in [1.165, 1.54) is 65.3 Å². The Labute approximate surface area is 262 Å². The van der Waals surface area contributed by atoms with E-state index in [4.69, 9.17) is 4.52 Å². The molecule has 0 fully saturated rings. The van der Waals surface area contributed by atoms with Gasteiger partial charge in [0.1, 0.15) is 5.75 Å². The molecule has 3 nitrogen and oxygen atoms in total. The lowest BCUT2D eigenvalue weighted by Gasteiger charge is -2.25. The van der Waals surface area contributed by atoms with E-state index < -0.39 is 8.45 Å². The van der Waals surface area contributed by atoms with E-state index in [1.54, 1.807) is 0 Å². The molecule has 6 heteroatoms. The summed E-state index contributed by atoms with van der Waals surface area (Å²) >= 11 is 0. The van der Waals surface area contributed by atoms with E-state index in [9.17, 15) is 0 Å². The summed E-state index contributed by atoms with van der Waals surface area (Å²) in [6.45, 7) is 4.38. The predicted molar refractivity (Wildman–Crippen MR) is 196 cm³/mol. The standard InChI is InChI=1S/C38H31N2OP3/c1-25-23-39(33-17-9-7-13-29(25)33)44(40-24-26(2)30-14-8-10-18-34(30)40)41-35-21-19-27-11-3-5-15-31(27)37(35)38-32-16-6-4-12-28(32)20-22-36(38)43-42/h3-24,43H,42H2,1-2H3. The highest BCUT2D eigenvalue weighted by Crippen LogP contribution is 2.51. The molecule has 2 aromatic heterocycles. The van der Waals surface area contributed by atoms with Crippen molar-refractivity contribution in [3.05, 3.63) is 145 Å². The quantitative estimate of drug-likeness (QED) is 0.169. The van der Waals surface area contributed by atoms with Crippen LogP contribution in [0.5, 0.6) is 5.75 Å². The molecule has 2 unspecified atom stereocenters. The van der Waals surface area contributed by atoms with E-state index in [0.717, 1.165) is 11.3 Å². The fourth-order valence-electron chi connectivity index (χ4n) is 6.47. The van der Waals surface area contributed by atoms with Crippen LogP contribution in [-0.4, -0.2) is 8.68 Å². The van der Waals surface area contributed by atoms with Crippen LogP contribution in [-0.2, 0) is 0 Å². The van der Waals surface area contributed by atoms with E-state index >= 15 is 0 Å². The van der Waals surface area contributed by atoms with Crippen LogP contribution < -0.4 is 9.83 Å². The molecule has 0 aliphatic heterocycles. The Balaban J connectivity index is 1.44. The third-order valence-corrected chi connectivity index (χ3v) is 12.0.